The number of carbonyl (C=O) groups is 1. The number of benzene rings is 1. The number of carbonyl (C=O) groups excluding carboxylic acids is 1. The van der Waals surface area contributed by atoms with E-state index in [2.05, 4.69) is 0 Å². The van der Waals surface area contributed by atoms with Gasteiger partial charge in [-0.25, -0.2) is 0 Å². The summed E-state index contributed by atoms with van der Waals surface area (Å²) >= 11 is 5.41. The summed E-state index contributed by atoms with van der Waals surface area (Å²) in [6, 6.07) is 1.78. The second-order valence-electron chi connectivity index (χ2n) is 3.82. The summed E-state index contributed by atoms with van der Waals surface area (Å²) in [5, 5.41) is 20.9. The number of hydrogen-bond acceptors (Lipinski definition) is 6. The second kappa shape index (κ2) is 6.29. The van der Waals surface area contributed by atoms with Crippen molar-refractivity contribution in [2.24, 2.45) is 0 Å². The zero-order chi connectivity index (χ0) is 15.4. The zero-order valence-electron chi connectivity index (χ0n) is 10.8. The van der Waals surface area contributed by atoms with Crippen LogP contribution in [0.3, 0.4) is 0 Å². The molecule has 8 nitrogen and oxygen atoms in total. The number of rotatable bonds is 6. The van der Waals surface area contributed by atoms with Crippen LogP contribution >= 0.6 is 11.6 Å². The Kier molecular flexibility index (Phi) is 4.98. The Bertz CT molecular complexity index is 536. The quantitative estimate of drug-likeness (QED) is 0.454. The molecule has 9 heteroatoms. The van der Waals surface area contributed by atoms with Gasteiger partial charge in [-0.1, -0.05) is 0 Å². The minimum Gasteiger partial charge on any atom is -0.366 e. The Morgan fingerprint density at radius 1 is 1.20 bits per heavy atom. The van der Waals surface area contributed by atoms with Gasteiger partial charge in [-0.15, -0.1) is 0 Å². The molecule has 0 unspecified atom stereocenters. The molecule has 0 aromatic heterocycles. The Morgan fingerprint density at radius 3 is 2.10 bits per heavy atom. The molecule has 1 rings (SSSR count). The van der Waals surface area contributed by atoms with Gasteiger partial charge >= 0.3 is 0 Å². The molecule has 0 aliphatic rings. The van der Waals surface area contributed by atoms with Gasteiger partial charge in [-0.3, -0.25) is 25.0 Å². The van der Waals surface area contributed by atoms with Crippen LogP contribution in [0.15, 0.2) is 12.1 Å². The summed E-state index contributed by atoms with van der Waals surface area (Å²) in [4.78, 5) is 33.3. The lowest BCUT2D eigenvalue weighted by molar-refractivity contribution is -0.393. The molecular formula is C11H12ClN3O5. The normalized spacial score (nSPS) is 10.2. The minimum absolute atomic E-state index is 0.00519. The van der Waals surface area contributed by atoms with Crippen molar-refractivity contribution >= 4 is 33.9 Å². The average Bonchev–Trinajstić information content (AvgIpc) is 2.39. The molecule has 1 aromatic rings. The number of nitrogens with zero attached hydrogens (tertiary/aromatic N) is 3. The maximum atomic E-state index is 11.4. The van der Waals surface area contributed by atoms with Gasteiger partial charge in [-0.05, 0) is 25.4 Å². The van der Waals surface area contributed by atoms with Crippen LogP contribution in [0.5, 0.6) is 0 Å². The molecule has 108 valence electrons. The van der Waals surface area contributed by atoms with Gasteiger partial charge in [0.1, 0.15) is 5.69 Å². The lowest BCUT2D eigenvalue weighted by Crippen LogP contribution is -2.25. The molecule has 0 radical (unpaired) electrons. The number of hydrogen-bond donors (Lipinski definition) is 0. The van der Waals surface area contributed by atoms with Crippen molar-refractivity contribution in [3.8, 4) is 0 Å². The molecule has 0 amide bonds. The molecule has 0 saturated carbocycles. The lowest BCUT2D eigenvalue weighted by atomic mass is 10.1. The SMILES string of the molecule is CCN(CC)c1c(C(=O)Cl)cc([N+](=O)[O-])cc1[N+](=O)[O-]. The van der Waals surface area contributed by atoms with E-state index < -0.39 is 26.5 Å². The van der Waals surface area contributed by atoms with Crippen LogP contribution in [0.4, 0.5) is 17.1 Å². The highest BCUT2D eigenvalue weighted by Gasteiger charge is 2.29. The molecule has 0 atom stereocenters. The van der Waals surface area contributed by atoms with Crippen molar-refractivity contribution in [1.29, 1.82) is 0 Å². The van der Waals surface area contributed by atoms with E-state index in [1.54, 1.807) is 18.7 Å². The van der Waals surface area contributed by atoms with E-state index in [0.29, 0.717) is 13.1 Å². The highest BCUT2D eigenvalue weighted by Crippen LogP contribution is 2.36. The van der Waals surface area contributed by atoms with Crippen molar-refractivity contribution in [3.05, 3.63) is 37.9 Å². The molecular weight excluding hydrogens is 290 g/mol. The van der Waals surface area contributed by atoms with Crippen LogP contribution < -0.4 is 4.90 Å². The zero-order valence-corrected chi connectivity index (χ0v) is 11.6. The van der Waals surface area contributed by atoms with Crippen molar-refractivity contribution in [3.63, 3.8) is 0 Å². The van der Waals surface area contributed by atoms with Crippen molar-refractivity contribution < 1.29 is 14.6 Å². The number of anilines is 1. The third-order valence-corrected chi connectivity index (χ3v) is 2.98. The van der Waals surface area contributed by atoms with Gasteiger partial charge in [0.05, 0.1) is 21.5 Å². The van der Waals surface area contributed by atoms with Crippen molar-refractivity contribution in [2.75, 3.05) is 18.0 Å². The predicted molar refractivity (Wildman–Crippen MR) is 73.5 cm³/mol. The molecule has 1 aromatic carbocycles. The Balaban J connectivity index is 3.72. The van der Waals surface area contributed by atoms with Gasteiger partial charge in [0, 0.05) is 19.2 Å². The topological polar surface area (TPSA) is 107 Å². The molecule has 0 saturated heterocycles. The largest absolute Gasteiger partial charge is 0.366 e. The standard InChI is InChI=1S/C11H12ClN3O5/c1-3-13(4-2)10-8(11(12)16)5-7(14(17)18)6-9(10)15(19)20/h5-6H,3-4H2,1-2H3. The Morgan fingerprint density at radius 2 is 1.75 bits per heavy atom. The third-order valence-electron chi connectivity index (χ3n) is 2.77. The summed E-state index contributed by atoms with van der Waals surface area (Å²) in [7, 11) is 0. The molecule has 0 bridgehead atoms. The minimum atomic E-state index is -0.973. The fourth-order valence-corrected chi connectivity index (χ4v) is 2.01. The molecule has 0 aliphatic heterocycles. The fourth-order valence-electron chi connectivity index (χ4n) is 1.87. The Hall–Kier alpha value is -2.22. The van der Waals surface area contributed by atoms with Gasteiger partial charge in [-0.2, -0.15) is 0 Å². The lowest BCUT2D eigenvalue weighted by Gasteiger charge is -2.22. The van der Waals surface area contributed by atoms with Crippen molar-refractivity contribution in [2.45, 2.75) is 13.8 Å². The monoisotopic (exact) mass is 301 g/mol. The van der Waals surface area contributed by atoms with Crippen LogP contribution in [0, 0.1) is 20.2 Å². The maximum Gasteiger partial charge on any atom is 0.300 e. The number of halogens is 1. The first-order chi connectivity index (χ1) is 9.33. The molecule has 0 aliphatic carbocycles. The maximum absolute atomic E-state index is 11.4. The highest BCUT2D eigenvalue weighted by atomic mass is 35.5. The average molecular weight is 302 g/mol. The second-order valence-corrected chi connectivity index (χ2v) is 4.16. The van der Waals surface area contributed by atoms with Crippen LogP contribution in [0.2, 0.25) is 0 Å². The first-order valence-electron chi connectivity index (χ1n) is 5.75. The molecule has 0 N–H and O–H groups in total. The van der Waals surface area contributed by atoms with E-state index in [1.807, 2.05) is 0 Å². The van der Waals surface area contributed by atoms with Crippen LogP contribution in [-0.4, -0.2) is 28.2 Å². The van der Waals surface area contributed by atoms with Crippen LogP contribution in [0.25, 0.3) is 0 Å². The Labute approximate surface area is 119 Å². The van der Waals surface area contributed by atoms with E-state index in [-0.39, 0.29) is 11.3 Å². The summed E-state index contributed by atoms with van der Waals surface area (Å²) in [6.45, 7) is 4.28. The van der Waals surface area contributed by atoms with Crippen molar-refractivity contribution in [1.82, 2.24) is 0 Å². The van der Waals surface area contributed by atoms with Gasteiger partial charge in [0.25, 0.3) is 16.6 Å². The van der Waals surface area contributed by atoms with Gasteiger partial charge in [0.15, 0.2) is 0 Å². The first-order valence-corrected chi connectivity index (χ1v) is 6.12. The summed E-state index contributed by atoms with van der Waals surface area (Å²) in [5.74, 6) is 0. The van der Waals surface area contributed by atoms with E-state index in [0.717, 1.165) is 12.1 Å². The summed E-state index contributed by atoms with van der Waals surface area (Å²) < 4.78 is 0. The molecule has 0 heterocycles. The van der Waals surface area contributed by atoms with E-state index in [4.69, 9.17) is 11.6 Å². The van der Waals surface area contributed by atoms with Gasteiger partial charge in [0.2, 0.25) is 0 Å². The van der Waals surface area contributed by atoms with E-state index in [1.165, 1.54) is 0 Å². The van der Waals surface area contributed by atoms with Crippen LogP contribution in [0.1, 0.15) is 24.2 Å². The van der Waals surface area contributed by atoms with E-state index >= 15 is 0 Å². The molecule has 0 spiro atoms. The molecule has 0 fully saturated rings. The number of non-ortho nitro benzene ring substituents is 1. The van der Waals surface area contributed by atoms with Crippen LogP contribution in [-0.2, 0) is 0 Å². The first kappa shape index (κ1) is 15.8. The molecule has 20 heavy (non-hydrogen) atoms. The fraction of sp³-hybridized carbons (Fsp3) is 0.364. The smallest absolute Gasteiger partial charge is 0.300 e. The number of nitro groups is 2. The number of nitro benzene ring substituents is 2. The predicted octanol–water partition coefficient (Wildman–Crippen LogP) is 2.73. The van der Waals surface area contributed by atoms with E-state index in [9.17, 15) is 25.0 Å². The third kappa shape index (κ3) is 3.02. The summed E-state index contributed by atoms with van der Waals surface area (Å²) in [6.07, 6.45) is 0. The summed E-state index contributed by atoms with van der Waals surface area (Å²) in [5.41, 5.74) is -1.29. The highest BCUT2D eigenvalue weighted by molar-refractivity contribution is 6.68. The van der Waals surface area contributed by atoms with Gasteiger partial charge < -0.3 is 4.90 Å².